The minimum absolute atomic E-state index is 0.0776. The summed E-state index contributed by atoms with van der Waals surface area (Å²) in [6.45, 7) is 6.61. The fraction of sp³-hybridized carbons (Fsp3) is 0.625. The lowest BCUT2D eigenvalue weighted by molar-refractivity contribution is 0.126. The van der Waals surface area contributed by atoms with Crippen molar-refractivity contribution >= 4 is 5.69 Å². The minimum atomic E-state index is -0.0776. The Morgan fingerprint density at radius 2 is 1.83 bits per heavy atom. The first kappa shape index (κ1) is 13.4. The molecule has 0 aromatic heterocycles. The largest absolute Gasteiger partial charge is 0.393 e. The van der Waals surface area contributed by atoms with Crippen molar-refractivity contribution in [3.63, 3.8) is 0 Å². The first-order valence-corrected chi connectivity index (χ1v) is 7.11. The van der Waals surface area contributed by atoms with Crippen LogP contribution in [0.25, 0.3) is 0 Å². The number of rotatable bonds is 3. The molecule has 0 atom stereocenters. The summed E-state index contributed by atoms with van der Waals surface area (Å²) in [5.41, 5.74) is 3.96. The molecule has 0 saturated heterocycles. The highest BCUT2D eigenvalue weighted by atomic mass is 16.3. The van der Waals surface area contributed by atoms with Gasteiger partial charge >= 0.3 is 0 Å². The molecule has 1 aliphatic rings. The van der Waals surface area contributed by atoms with Crippen LogP contribution < -0.4 is 5.32 Å². The number of aliphatic hydroxyl groups excluding tert-OH is 1. The van der Waals surface area contributed by atoms with Gasteiger partial charge in [0.2, 0.25) is 0 Å². The monoisotopic (exact) mass is 247 g/mol. The van der Waals surface area contributed by atoms with Crippen LogP contribution in [-0.2, 0) is 0 Å². The Hall–Kier alpha value is -1.02. The van der Waals surface area contributed by atoms with Crippen LogP contribution in [0.3, 0.4) is 0 Å². The number of aryl methyl sites for hydroxylation is 1. The standard InChI is InChI=1S/C16H25NO/c1-11(2)13-5-4-12(3)16(10-13)17-14-6-8-15(18)9-7-14/h4-5,10-11,14-15,17-18H,6-9H2,1-3H3. The zero-order valence-corrected chi connectivity index (χ0v) is 11.7. The van der Waals surface area contributed by atoms with Gasteiger partial charge in [-0.15, -0.1) is 0 Å². The maximum atomic E-state index is 9.54. The van der Waals surface area contributed by atoms with Gasteiger partial charge in [-0.3, -0.25) is 0 Å². The van der Waals surface area contributed by atoms with E-state index in [0.29, 0.717) is 12.0 Å². The lowest BCUT2D eigenvalue weighted by Crippen LogP contribution is -2.28. The molecule has 1 fully saturated rings. The van der Waals surface area contributed by atoms with Crippen LogP contribution in [-0.4, -0.2) is 17.3 Å². The van der Waals surface area contributed by atoms with Gasteiger partial charge in [0.25, 0.3) is 0 Å². The van der Waals surface area contributed by atoms with Crippen LogP contribution in [0.15, 0.2) is 18.2 Å². The summed E-state index contributed by atoms with van der Waals surface area (Å²) in [5.74, 6) is 0.569. The summed E-state index contributed by atoms with van der Waals surface area (Å²) in [5, 5.41) is 13.2. The van der Waals surface area contributed by atoms with Crippen molar-refractivity contribution in [3.8, 4) is 0 Å². The second-order valence-electron chi connectivity index (χ2n) is 5.88. The van der Waals surface area contributed by atoms with Crippen molar-refractivity contribution in [1.82, 2.24) is 0 Å². The molecule has 0 spiro atoms. The summed E-state index contributed by atoms with van der Waals surface area (Å²) < 4.78 is 0. The third kappa shape index (κ3) is 3.26. The molecule has 1 saturated carbocycles. The van der Waals surface area contributed by atoms with Gasteiger partial charge in [0.15, 0.2) is 0 Å². The SMILES string of the molecule is Cc1ccc(C(C)C)cc1NC1CCC(O)CC1. The van der Waals surface area contributed by atoms with E-state index in [0.717, 1.165) is 25.7 Å². The van der Waals surface area contributed by atoms with Gasteiger partial charge < -0.3 is 10.4 Å². The fourth-order valence-corrected chi connectivity index (χ4v) is 2.59. The third-order valence-corrected chi connectivity index (χ3v) is 3.98. The average Bonchev–Trinajstić information content (AvgIpc) is 2.34. The Balaban J connectivity index is 2.06. The molecule has 0 amide bonds. The predicted octanol–water partition coefficient (Wildman–Crippen LogP) is 3.83. The second-order valence-corrected chi connectivity index (χ2v) is 5.88. The molecular weight excluding hydrogens is 222 g/mol. The lowest BCUT2D eigenvalue weighted by atomic mass is 9.92. The molecule has 2 N–H and O–H groups in total. The van der Waals surface area contributed by atoms with E-state index < -0.39 is 0 Å². The van der Waals surface area contributed by atoms with Gasteiger partial charge in [-0.2, -0.15) is 0 Å². The summed E-state index contributed by atoms with van der Waals surface area (Å²) in [6.07, 6.45) is 3.94. The van der Waals surface area contributed by atoms with Crippen molar-refractivity contribution in [3.05, 3.63) is 29.3 Å². The Morgan fingerprint density at radius 3 is 2.44 bits per heavy atom. The molecule has 0 aliphatic heterocycles. The smallest absolute Gasteiger partial charge is 0.0541 e. The number of aliphatic hydroxyl groups is 1. The molecule has 0 heterocycles. The lowest BCUT2D eigenvalue weighted by Gasteiger charge is -2.28. The van der Waals surface area contributed by atoms with Crippen molar-refractivity contribution < 1.29 is 5.11 Å². The third-order valence-electron chi connectivity index (χ3n) is 3.98. The van der Waals surface area contributed by atoms with Crippen LogP contribution in [0.1, 0.15) is 56.6 Å². The summed E-state index contributed by atoms with van der Waals surface area (Å²) in [7, 11) is 0. The number of nitrogens with one attached hydrogen (secondary N) is 1. The van der Waals surface area contributed by atoms with Gasteiger partial charge in [-0.25, -0.2) is 0 Å². The molecule has 2 heteroatoms. The van der Waals surface area contributed by atoms with Crippen molar-refractivity contribution in [2.24, 2.45) is 0 Å². The minimum Gasteiger partial charge on any atom is -0.393 e. The summed E-state index contributed by atoms with van der Waals surface area (Å²) in [6, 6.07) is 7.23. The highest BCUT2D eigenvalue weighted by Gasteiger charge is 2.19. The van der Waals surface area contributed by atoms with E-state index in [-0.39, 0.29) is 6.10 Å². The van der Waals surface area contributed by atoms with Crippen LogP contribution >= 0.6 is 0 Å². The van der Waals surface area contributed by atoms with Gasteiger partial charge in [0.1, 0.15) is 0 Å². The number of benzene rings is 1. The van der Waals surface area contributed by atoms with Crippen LogP contribution in [0.4, 0.5) is 5.69 Å². The van der Waals surface area contributed by atoms with E-state index in [4.69, 9.17) is 0 Å². The van der Waals surface area contributed by atoms with Gasteiger partial charge in [-0.1, -0.05) is 26.0 Å². The second kappa shape index (κ2) is 5.75. The molecule has 1 aromatic rings. The van der Waals surface area contributed by atoms with E-state index in [1.165, 1.54) is 16.8 Å². The van der Waals surface area contributed by atoms with E-state index in [2.05, 4.69) is 44.3 Å². The van der Waals surface area contributed by atoms with Crippen molar-refractivity contribution in [1.29, 1.82) is 0 Å². The highest BCUT2D eigenvalue weighted by Crippen LogP contribution is 2.26. The summed E-state index contributed by atoms with van der Waals surface area (Å²) in [4.78, 5) is 0. The normalized spacial score (nSPS) is 24.3. The van der Waals surface area contributed by atoms with Crippen LogP contribution in [0, 0.1) is 6.92 Å². The molecule has 18 heavy (non-hydrogen) atoms. The Morgan fingerprint density at radius 1 is 1.17 bits per heavy atom. The molecule has 2 rings (SSSR count). The Labute approximate surface area is 110 Å². The first-order chi connectivity index (χ1) is 8.56. The average molecular weight is 247 g/mol. The van der Waals surface area contributed by atoms with Gasteiger partial charge in [0.05, 0.1) is 6.10 Å². The molecule has 1 aromatic carbocycles. The van der Waals surface area contributed by atoms with E-state index in [1.54, 1.807) is 0 Å². The first-order valence-electron chi connectivity index (χ1n) is 7.11. The number of hydrogen-bond donors (Lipinski definition) is 2. The zero-order chi connectivity index (χ0) is 13.1. The van der Waals surface area contributed by atoms with Crippen molar-refractivity contribution in [2.75, 3.05) is 5.32 Å². The maximum Gasteiger partial charge on any atom is 0.0541 e. The van der Waals surface area contributed by atoms with Crippen LogP contribution in [0.2, 0.25) is 0 Å². The molecule has 2 nitrogen and oxygen atoms in total. The van der Waals surface area contributed by atoms with E-state index in [9.17, 15) is 5.11 Å². The predicted molar refractivity (Wildman–Crippen MR) is 77.2 cm³/mol. The van der Waals surface area contributed by atoms with Crippen LogP contribution in [0.5, 0.6) is 0 Å². The topological polar surface area (TPSA) is 32.3 Å². The summed E-state index contributed by atoms with van der Waals surface area (Å²) >= 11 is 0. The Bertz CT molecular complexity index is 392. The molecule has 100 valence electrons. The van der Waals surface area contributed by atoms with Gasteiger partial charge in [-0.05, 0) is 55.7 Å². The molecule has 0 unspecified atom stereocenters. The molecule has 0 bridgehead atoms. The molecule has 1 aliphatic carbocycles. The number of anilines is 1. The fourth-order valence-electron chi connectivity index (χ4n) is 2.59. The van der Waals surface area contributed by atoms with Crippen molar-refractivity contribution in [2.45, 2.75) is 64.5 Å². The molecule has 0 radical (unpaired) electrons. The van der Waals surface area contributed by atoms with E-state index >= 15 is 0 Å². The zero-order valence-electron chi connectivity index (χ0n) is 11.7. The number of hydrogen-bond acceptors (Lipinski definition) is 2. The van der Waals surface area contributed by atoms with E-state index in [1.807, 2.05) is 0 Å². The quantitative estimate of drug-likeness (QED) is 0.850. The highest BCUT2D eigenvalue weighted by molar-refractivity contribution is 5.53. The molecular formula is C16H25NO. The van der Waals surface area contributed by atoms with Gasteiger partial charge in [0, 0.05) is 11.7 Å². The Kier molecular flexibility index (Phi) is 4.28. The maximum absolute atomic E-state index is 9.54.